The lowest BCUT2D eigenvalue weighted by Crippen LogP contribution is -2.54. The number of pyridine rings is 1. The third-order valence-electron chi connectivity index (χ3n) is 6.20. The highest BCUT2D eigenvalue weighted by atomic mass is 16.5. The highest BCUT2D eigenvalue weighted by Gasteiger charge is 2.49. The Morgan fingerprint density at radius 2 is 2.03 bits per heavy atom. The van der Waals surface area contributed by atoms with E-state index in [9.17, 15) is 9.59 Å². The molecule has 1 spiro atoms. The van der Waals surface area contributed by atoms with Gasteiger partial charge in [0.1, 0.15) is 6.10 Å². The lowest BCUT2D eigenvalue weighted by Gasteiger charge is -2.44. The molecule has 2 aliphatic rings. The molecule has 2 aliphatic heterocycles. The van der Waals surface area contributed by atoms with Gasteiger partial charge in [-0.1, -0.05) is 37.3 Å². The van der Waals surface area contributed by atoms with Gasteiger partial charge in [-0.3, -0.25) is 9.78 Å². The summed E-state index contributed by atoms with van der Waals surface area (Å²) >= 11 is 0. The first kappa shape index (κ1) is 20.3. The van der Waals surface area contributed by atoms with Crippen molar-refractivity contribution in [2.24, 2.45) is 5.92 Å². The van der Waals surface area contributed by atoms with Gasteiger partial charge >= 0.3 is 6.03 Å². The summed E-state index contributed by atoms with van der Waals surface area (Å²) in [5.74, 6) is 0.0278. The number of benzene rings is 1. The number of piperidine rings is 1. The molecule has 3 atom stereocenters. The average Bonchev–Trinajstić information content (AvgIpc) is 3.21. The monoisotopic (exact) mass is 408 g/mol. The first-order valence-electron chi connectivity index (χ1n) is 10.5. The van der Waals surface area contributed by atoms with E-state index in [1.54, 1.807) is 18.5 Å². The van der Waals surface area contributed by atoms with Crippen LogP contribution >= 0.6 is 0 Å². The maximum atomic E-state index is 12.6. The van der Waals surface area contributed by atoms with Gasteiger partial charge in [-0.05, 0) is 37.0 Å². The minimum atomic E-state index is -0.467. The van der Waals surface area contributed by atoms with Gasteiger partial charge in [0, 0.05) is 31.7 Å². The van der Waals surface area contributed by atoms with Crippen LogP contribution in [0.3, 0.4) is 0 Å². The average molecular weight is 409 g/mol. The molecule has 0 saturated carbocycles. The number of nitrogens with zero attached hydrogens (tertiary/aromatic N) is 2. The molecule has 1 aromatic heterocycles. The fourth-order valence-corrected chi connectivity index (χ4v) is 4.40. The topological polar surface area (TPSA) is 83.6 Å². The molecule has 30 heavy (non-hydrogen) atoms. The molecule has 3 amide bonds. The van der Waals surface area contributed by atoms with Crippen molar-refractivity contribution in [1.29, 1.82) is 0 Å². The van der Waals surface area contributed by atoms with E-state index < -0.39 is 6.10 Å². The minimum Gasteiger partial charge on any atom is -0.362 e. The first-order chi connectivity index (χ1) is 14.6. The van der Waals surface area contributed by atoms with Crippen molar-refractivity contribution in [3.05, 3.63) is 60.4 Å². The van der Waals surface area contributed by atoms with E-state index in [0.717, 1.165) is 18.4 Å². The second-order valence-corrected chi connectivity index (χ2v) is 8.18. The van der Waals surface area contributed by atoms with Crippen LogP contribution in [0.25, 0.3) is 0 Å². The van der Waals surface area contributed by atoms with Crippen molar-refractivity contribution < 1.29 is 14.3 Å². The minimum absolute atomic E-state index is 0.0515. The molecule has 0 aliphatic carbocycles. The first-order valence-corrected chi connectivity index (χ1v) is 10.5. The SMILES string of the molecule is C[C@@H]1CN(C(=O)NCc2ccccc2)CC[C@]12CC[C@@H](C(=O)Nc1cccnc1)O2. The highest BCUT2D eigenvalue weighted by molar-refractivity contribution is 5.94. The normalized spacial score (nSPS) is 25.8. The number of hydrogen-bond acceptors (Lipinski definition) is 4. The molecule has 7 nitrogen and oxygen atoms in total. The number of likely N-dealkylation sites (tertiary alicyclic amines) is 1. The summed E-state index contributed by atoms with van der Waals surface area (Å²) in [6.45, 7) is 3.88. The fraction of sp³-hybridized carbons (Fsp3) is 0.435. The van der Waals surface area contributed by atoms with Crippen LogP contribution in [0.1, 0.15) is 31.7 Å². The maximum absolute atomic E-state index is 12.6. The van der Waals surface area contributed by atoms with E-state index in [1.807, 2.05) is 41.3 Å². The van der Waals surface area contributed by atoms with E-state index in [4.69, 9.17) is 4.74 Å². The van der Waals surface area contributed by atoms with Crippen LogP contribution in [0.5, 0.6) is 0 Å². The Bertz CT molecular complexity index is 877. The van der Waals surface area contributed by atoms with Crippen molar-refractivity contribution in [2.45, 2.75) is 44.4 Å². The zero-order valence-corrected chi connectivity index (χ0v) is 17.2. The van der Waals surface area contributed by atoms with Crippen molar-refractivity contribution in [1.82, 2.24) is 15.2 Å². The number of nitrogens with one attached hydrogen (secondary N) is 2. The zero-order valence-electron chi connectivity index (χ0n) is 17.2. The summed E-state index contributed by atoms with van der Waals surface area (Å²) in [4.78, 5) is 31.1. The molecule has 2 fully saturated rings. The second kappa shape index (κ2) is 8.83. The lowest BCUT2D eigenvalue weighted by molar-refractivity contribution is -0.141. The van der Waals surface area contributed by atoms with E-state index in [-0.39, 0.29) is 23.5 Å². The quantitative estimate of drug-likeness (QED) is 0.814. The molecule has 2 N–H and O–H groups in total. The molecule has 7 heteroatoms. The molecule has 2 aromatic rings. The number of carbonyl (C=O) groups is 2. The van der Waals surface area contributed by atoms with Gasteiger partial charge in [0.15, 0.2) is 0 Å². The Balaban J connectivity index is 1.29. The number of urea groups is 1. The Labute approximate surface area is 176 Å². The molecular formula is C23H28N4O3. The van der Waals surface area contributed by atoms with Crippen LogP contribution in [-0.4, -0.2) is 46.6 Å². The summed E-state index contributed by atoms with van der Waals surface area (Å²) in [6, 6.07) is 13.4. The third-order valence-corrected chi connectivity index (χ3v) is 6.20. The molecular weight excluding hydrogens is 380 g/mol. The summed E-state index contributed by atoms with van der Waals surface area (Å²) in [6.07, 6.45) is 5.09. The molecule has 4 rings (SSSR count). The lowest BCUT2D eigenvalue weighted by atomic mass is 9.80. The molecule has 0 radical (unpaired) electrons. The molecule has 0 unspecified atom stereocenters. The van der Waals surface area contributed by atoms with E-state index in [2.05, 4.69) is 22.5 Å². The number of carbonyl (C=O) groups excluding carboxylic acids is 2. The van der Waals surface area contributed by atoms with Gasteiger partial charge in [0.2, 0.25) is 0 Å². The molecule has 3 heterocycles. The second-order valence-electron chi connectivity index (χ2n) is 8.18. The van der Waals surface area contributed by atoms with Crippen LogP contribution in [0.2, 0.25) is 0 Å². The number of anilines is 1. The number of hydrogen-bond donors (Lipinski definition) is 2. The summed E-state index contributed by atoms with van der Waals surface area (Å²) in [7, 11) is 0. The van der Waals surface area contributed by atoms with E-state index >= 15 is 0 Å². The number of amides is 3. The highest BCUT2D eigenvalue weighted by Crippen LogP contribution is 2.42. The predicted octanol–water partition coefficient (Wildman–Crippen LogP) is 3.19. The summed E-state index contributed by atoms with van der Waals surface area (Å²) < 4.78 is 6.30. The molecule has 0 bridgehead atoms. The smallest absolute Gasteiger partial charge is 0.317 e. The van der Waals surface area contributed by atoms with Gasteiger partial charge in [0.05, 0.1) is 17.5 Å². The number of rotatable bonds is 4. The summed E-state index contributed by atoms with van der Waals surface area (Å²) in [5.41, 5.74) is 1.41. The van der Waals surface area contributed by atoms with Gasteiger partial charge < -0.3 is 20.3 Å². The Hall–Kier alpha value is -2.93. The van der Waals surface area contributed by atoms with Gasteiger partial charge in [-0.2, -0.15) is 0 Å². The van der Waals surface area contributed by atoms with Crippen LogP contribution in [0.4, 0.5) is 10.5 Å². The van der Waals surface area contributed by atoms with Gasteiger partial charge in [-0.15, -0.1) is 0 Å². The summed E-state index contributed by atoms with van der Waals surface area (Å²) in [5, 5.41) is 5.88. The van der Waals surface area contributed by atoms with Crippen molar-refractivity contribution in [2.75, 3.05) is 18.4 Å². The Morgan fingerprint density at radius 3 is 2.77 bits per heavy atom. The molecule has 158 valence electrons. The predicted molar refractivity (Wildman–Crippen MR) is 114 cm³/mol. The Kier molecular flexibility index (Phi) is 5.99. The van der Waals surface area contributed by atoms with Crippen molar-refractivity contribution >= 4 is 17.6 Å². The van der Waals surface area contributed by atoms with Gasteiger partial charge in [0.25, 0.3) is 5.91 Å². The fourth-order valence-electron chi connectivity index (χ4n) is 4.40. The standard InChI is InChI=1S/C23H28N4O3/c1-17-16-27(22(29)25-14-18-6-3-2-4-7-18)13-11-23(17)10-9-20(30-23)21(28)26-19-8-5-12-24-15-19/h2-8,12,15,17,20H,9-11,13-14,16H2,1H3,(H,25,29)(H,26,28)/t17-,20+,23-/m1/s1. The van der Waals surface area contributed by atoms with Crippen LogP contribution in [0, 0.1) is 5.92 Å². The Morgan fingerprint density at radius 1 is 1.20 bits per heavy atom. The van der Waals surface area contributed by atoms with Crippen molar-refractivity contribution in [3.8, 4) is 0 Å². The van der Waals surface area contributed by atoms with Crippen LogP contribution < -0.4 is 10.6 Å². The molecule has 2 saturated heterocycles. The molecule has 1 aromatic carbocycles. The van der Waals surface area contributed by atoms with E-state index in [0.29, 0.717) is 31.7 Å². The number of aromatic nitrogens is 1. The zero-order chi connectivity index (χ0) is 21.0. The number of ether oxygens (including phenoxy) is 1. The van der Waals surface area contributed by atoms with E-state index in [1.165, 1.54) is 0 Å². The largest absolute Gasteiger partial charge is 0.362 e. The van der Waals surface area contributed by atoms with Gasteiger partial charge in [-0.25, -0.2) is 4.79 Å². The van der Waals surface area contributed by atoms with Crippen molar-refractivity contribution in [3.63, 3.8) is 0 Å². The van der Waals surface area contributed by atoms with Crippen LogP contribution in [-0.2, 0) is 16.1 Å². The van der Waals surface area contributed by atoms with Crippen LogP contribution in [0.15, 0.2) is 54.9 Å². The maximum Gasteiger partial charge on any atom is 0.317 e. The third kappa shape index (κ3) is 4.46.